The number of amides is 2. The molecule has 1 aliphatic heterocycles. The van der Waals surface area contributed by atoms with Crippen molar-refractivity contribution in [1.29, 1.82) is 0 Å². The van der Waals surface area contributed by atoms with Crippen LogP contribution >= 0.6 is 23.4 Å². The van der Waals surface area contributed by atoms with Gasteiger partial charge in [-0.05, 0) is 59.7 Å². The summed E-state index contributed by atoms with van der Waals surface area (Å²) in [6.07, 6.45) is -0.0622. The van der Waals surface area contributed by atoms with Crippen LogP contribution in [0.2, 0.25) is 5.02 Å². The number of rotatable bonds is 7. The topological polar surface area (TPSA) is 61.8 Å². The third kappa shape index (κ3) is 5.96. The molecule has 1 fully saturated rings. The maximum atomic E-state index is 14.0. The van der Waals surface area contributed by atoms with Gasteiger partial charge in [-0.3, -0.25) is 14.5 Å². The summed E-state index contributed by atoms with van der Waals surface area (Å²) >= 11 is 7.32. The first-order valence-corrected chi connectivity index (χ1v) is 13.2. The average Bonchev–Trinajstić information content (AvgIpc) is 3.22. The van der Waals surface area contributed by atoms with E-state index in [1.54, 1.807) is 29.2 Å². The molecule has 1 saturated heterocycles. The molecule has 0 spiro atoms. The van der Waals surface area contributed by atoms with E-state index in [2.05, 4.69) is 5.32 Å². The molecular formula is C30H23ClFN3O2S. The van der Waals surface area contributed by atoms with Crippen molar-refractivity contribution in [3.05, 3.63) is 131 Å². The van der Waals surface area contributed by atoms with Crippen LogP contribution in [0, 0.1) is 5.82 Å². The molecule has 0 radical (unpaired) electrons. The van der Waals surface area contributed by atoms with Gasteiger partial charge in [0.1, 0.15) is 11.1 Å². The molecule has 1 aliphatic rings. The second kappa shape index (κ2) is 11.6. The Morgan fingerprint density at radius 2 is 1.47 bits per heavy atom. The number of thioether (sulfide) groups is 1. The summed E-state index contributed by atoms with van der Waals surface area (Å²) in [4.78, 5) is 33.3. The van der Waals surface area contributed by atoms with Crippen LogP contribution in [0.1, 0.15) is 23.6 Å². The predicted octanol–water partition coefficient (Wildman–Crippen LogP) is 7.23. The van der Waals surface area contributed by atoms with Gasteiger partial charge in [0, 0.05) is 17.1 Å². The van der Waals surface area contributed by atoms with Crippen molar-refractivity contribution < 1.29 is 14.0 Å². The number of nitrogens with one attached hydrogen (secondary N) is 1. The number of anilines is 1. The van der Waals surface area contributed by atoms with Gasteiger partial charge in [-0.2, -0.15) is 0 Å². The highest BCUT2D eigenvalue weighted by Crippen LogP contribution is 2.40. The van der Waals surface area contributed by atoms with E-state index in [0.29, 0.717) is 21.6 Å². The van der Waals surface area contributed by atoms with Crippen molar-refractivity contribution in [2.24, 2.45) is 4.99 Å². The SMILES string of the molecule is O=C(C[C@@H]1SC(=Nc2ccc(Cl)cc2)N(C(c2ccccc2)c2ccccc2)C1=O)Nc1ccc(F)cc1. The van der Waals surface area contributed by atoms with Gasteiger partial charge in [-0.1, -0.05) is 84.0 Å². The Balaban J connectivity index is 1.50. The molecule has 0 bridgehead atoms. The summed E-state index contributed by atoms with van der Waals surface area (Å²) in [6, 6.07) is 31.6. The normalized spacial score (nSPS) is 16.3. The molecule has 0 aliphatic carbocycles. The minimum absolute atomic E-state index is 0.0622. The van der Waals surface area contributed by atoms with Gasteiger partial charge in [-0.25, -0.2) is 9.38 Å². The first kappa shape index (κ1) is 25.7. The lowest BCUT2D eigenvalue weighted by Crippen LogP contribution is -2.37. The van der Waals surface area contributed by atoms with E-state index in [1.807, 2.05) is 60.7 Å². The van der Waals surface area contributed by atoms with E-state index in [1.165, 1.54) is 36.0 Å². The van der Waals surface area contributed by atoms with Crippen LogP contribution in [0.4, 0.5) is 15.8 Å². The minimum atomic E-state index is -0.684. The Bertz CT molecular complexity index is 1410. The minimum Gasteiger partial charge on any atom is -0.326 e. The summed E-state index contributed by atoms with van der Waals surface area (Å²) in [7, 11) is 0. The highest BCUT2D eigenvalue weighted by Gasteiger charge is 2.43. The maximum Gasteiger partial charge on any atom is 0.243 e. The molecule has 5 rings (SSSR count). The van der Waals surface area contributed by atoms with Crippen LogP contribution in [0.15, 0.2) is 114 Å². The molecule has 4 aromatic rings. The van der Waals surface area contributed by atoms with Crippen LogP contribution in [-0.2, 0) is 9.59 Å². The van der Waals surface area contributed by atoms with Crippen LogP contribution in [0.25, 0.3) is 0 Å². The van der Waals surface area contributed by atoms with Gasteiger partial charge in [0.25, 0.3) is 0 Å². The van der Waals surface area contributed by atoms with E-state index in [-0.39, 0.29) is 18.2 Å². The molecule has 0 aromatic heterocycles. The zero-order valence-electron chi connectivity index (χ0n) is 20.1. The number of aliphatic imine (C=N–C) groups is 1. The Morgan fingerprint density at radius 1 is 0.895 bits per heavy atom. The van der Waals surface area contributed by atoms with Crippen molar-refractivity contribution in [2.45, 2.75) is 17.7 Å². The number of carbonyl (C=O) groups is 2. The summed E-state index contributed by atoms with van der Waals surface area (Å²) in [5.41, 5.74) is 2.96. The van der Waals surface area contributed by atoms with Crippen molar-refractivity contribution in [3.63, 3.8) is 0 Å². The van der Waals surface area contributed by atoms with Gasteiger partial charge < -0.3 is 5.32 Å². The van der Waals surface area contributed by atoms with Crippen LogP contribution in [0.5, 0.6) is 0 Å². The molecule has 4 aromatic carbocycles. The smallest absolute Gasteiger partial charge is 0.243 e. The molecule has 1 heterocycles. The fraction of sp³-hybridized carbons (Fsp3) is 0.100. The summed E-state index contributed by atoms with van der Waals surface area (Å²) in [5.74, 6) is -0.947. The standard InChI is InChI=1S/C30H23ClFN3O2S/c31-22-11-15-25(16-12-22)34-30-35(28(20-7-3-1-4-8-20)21-9-5-2-6-10-21)29(37)26(38-30)19-27(36)33-24-17-13-23(32)14-18-24/h1-18,26,28H,19H2,(H,33,36)/t26-/m0/s1. The van der Waals surface area contributed by atoms with Gasteiger partial charge >= 0.3 is 0 Å². The molecule has 190 valence electrons. The molecular weight excluding hydrogens is 521 g/mol. The third-order valence-electron chi connectivity index (χ3n) is 6.01. The average molecular weight is 544 g/mol. The second-order valence-electron chi connectivity index (χ2n) is 8.67. The fourth-order valence-corrected chi connectivity index (χ4v) is 5.53. The number of halogens is 2. The Morgan fingerprint density at radius 3 is 2.05 bits per heavy atom. The van der Waals surface area contributed by atoms with E-state index < -0.39 is 17.1 Å². The molecule has 1 N–H and O–H groups in total. The van der Waals surface area contributed by atoms with Crippen molar-refractivity contribution in [3.8, 4) is 0 Å². The third-order valence-corrected chi connectivity index (χ3v) is 7.41. The largest absolute Gasteiger partial charge is 0.326 e. The Hall–Kier alpha value is -3.94. The van der Waals surface area contributed by atoms with E-state index in [4.69, 9.17) is 16.6 Å². The Kier molecular flexibility index (Phi) is 7.86. The lowest BCUT2D eigenvalue weighted by Gasteiger charge is -2.29. The molecule has 38 heavy (non-hydrogen) atoms. The molecule has 1 atom stereocenters. The summed E-state index contributed by atoms with van der Waals surface area (Å²) in [6.45, 7) is 0. The van der Waals surface area contributed by atoms with Gasteiger partial charge in [0.05, 0.1) is 11.7 Å². The number of carbonyl (C=O) groups excluding carboxylic acids is 2. The van der Waals surface area contributed by atoms with Crippen LogP contribution in [0.3, 0.4) is 0 Å². The number of nitrogens with zero attached hydrogens (tertiary/aromatic N) is 2. The first-order chi connectivity index (χ1) is 18.5. The van der Waals surface area contributed by atoms with Gasteiger partial charge in [0.2, 0.25) is 11.8 Å². The van der Waals surface area contributed by atoms with Gasteiger partial charge in [0.15, 0.2) is 5.17 Å². The second-order valence-corrected chi connectivity index (χ2v) is 10.3. The number of hydrogen-bond acceptors (Lipinski definition) is 4. The molecule has 8 heteroatoms. The number of amidine groups is 1. The van der Waals surface area contributed by atoms with E-state index in [9.17, 15) is 14.0 Å². The fourth-order valence-electron chi connectivity index (χ4n) is 4.23. The van der Waals surface area contributed by atoms with E-state index in [0.717, 1.165) is 11.1 Å². The monoisotopic (exact) mass is 543 g/mol. The Labute approximate surface area is 229 Å². The van der Waals surface area contributed by atoms with Crippen LogP contribution < -0.4 is 5.32 Å². The zero-order valence-corrected chi connectivity index (χ0v) is 21.7. The van der Waals surface area contributed by atoms with E-state index >= 15 is 0 Å². The lowest BCUT2D eigenvalue weighted by atomic mass is 9.97. The summed E-state index contributed by atoms with van der Waals surface area (Å²) in [5, 5.41) is 3.15. The number of hydrogen-bond donors (Lipinski definition) is 1. The number of benzene rings is 4. The van der Waals surface area contributed by atoms with Crippen molar-refractivity contribution in [1.82, 2.24) is 4.90 Å². The predicted molar refractivity (Wildman–Crippen MR) is 151 cm³/mol. The zero-order chi connectivity index (χ0) is 26.5. The first-order valence-electron chi connectivity index (χ1n) is 12.0. The molecule has 2 amide bonds. The van der Waals surface area contributed by atoms with Crippen LogP contribution in [-0.4, -0.2) is 27.1 Å². The van der Waals surface area contributed by atoms with Crippen molar-refractivity contribution in [2.75, 3.05) is 5.32 Å². The molecule has 5 nitrogen and oxygen atoms in total. The molecule has 0 saturated carbocycles. The molecule has 0 unspecified atom stereocenters. The highest BCUT2D eigenvalue weighted by molar-refractivity contribution is 8.15. The van der Waals surface area contributed by atoms with Crippen molar-refractivity contribution >= 4 is 51.7 Å². The quantitative estimate of drug-likeness (QED) is 0.267. The van der Waals surface area contributed by atoms with Gasteiger partial charge in [-0.15, -0.1) is 0 Å². The lowest BCUT2D eigenvalue weighted by molar-refractivity contribution is -0.129. The highest BCUT2D eigenvalue weighted by atomic mass is 35.5. The summed E-state index contributed by atoms with van der Waals surface area (Å²) < 4.78 is 13.3. The maximum absolute atomic E-state index is 14.0.